The molecule has 4 aromatic rings. The molecule has 4 rings (SSSR count). The van der Waals surface area contributed by atoms with Crippen molar-refractivity contribution in [3.05, 3.63) is 90.4 Å². The molecule has 2 heterocycles. The highest BCUT2D eigenvalue weighted by Crippen LogP contribution is 2.23. The van der Waals surface area contributed by atoms with Crippen LogP contribution in [0.3, 0.4) is 0 Å². The van der Waals surface area contributed by atoms with Gasteiger partial charge in [-0.05, 0) is 60.5 Å². The number of rotatable bonds is 7. The highest BCUT2D eigenvalue weighted by atomic mass is 32.2. The number of fused-ring (bicyclic) bond motifs is 1. The number of ketones is 1. The lowest BCUT2D eigenvalue weighted by atomic mass is 10.0. The molecule has 0 aliphatic rings. The lowest BCUT2D eigenvalue weighted by molar-refractivity contribution is 0.0982. The SMILES string of the molecule is COc1ccc(S(=O)(=O)c2ccc(CCC(=O)c3ccc4nccn4c3)cc2)cc1. The van der Waals surface area contributed by atoms with Crippen molar-refractivity contribution in [2.24, 2.45) is 0 Å². The number of methoxy groups -OCH3 is 1. The first-order valence-corrected chi connectivity index (χ1v) is 10.9. The topological polar surface area (TPSA) is 77.7 Å². The maximum absolute atomic E-state index is 12.8. The molecule has 0 N–H and O–H groups in total. The number of sulfone groups is 1. The standard InChI is InChI=1S/C23H20N2O4S/c1-29-19-6-10-21(11-7-19)30(27,28)20-8-2-17(3-9-20)4-12-22(26)18-5-13-23-24-14-15-25(23)16-18/h2-3,5-11,13-16H,4,12H2,1H3. The largest absolute Gasteiger partial charge is 0.497 e. The number of aryl methyl sites for hydroxylation is 1. The number of imidazole rings is 1. The van der Waals surface area contributed by atoms with Gasteiger partial charge in [0.25, 0.3) is 0 Å². The van der Waals surface area contributed by atoms with Gasteiger partial charge in [-0.3, -0.25) is 4.79 Å². The number of nitrogens with zero attached hydrogens (tertiary/aromatic N) is 2. The fourth-order valence-corrected chi connectivity index (χ4v) is 4.47. The lowest BCUT2D eigenvalue weighted by Gasteiger charge is -2.07. The average molecular weight is 420 g/mol. The van der Waals surface area contributed by atoms with Gasteiger partial charge in [0, 0.05) is 30.6 Å². The summed E-state index contributed by atoms with van der Waals surface area (Å²) in [4.78, 5) is 17.1. The monoisotopic (exact) mass is 420 g/mol. The van der Waals surface area contributed by atoms with E-state index in [-0.39, 0.29) is 15.6 Å². The Kier molecular flexibility index (Phi) is 5.37. The van der Waals surface area contributed by atoms with Crippen LogP contribution in [0.5, 0.6) is 5.75 Å². The molecule has 0 aliphatic carbocycles. The highest BCUT2D eigenvalue weighted by molar-refractivity contribution is 7.91. The van der Waals surface area contributed by atoms with E-state index in [9.17, 15) is 13.2 Å². The maximum atomic E-state index is 12.8. The number of benzene rings is 2. The summed E-state index contributed by atoms with van der Waals surface area (Å²) in [7, 11) is -2.07. The number of hydrogen-bond acceptors (Lipinski definition) is 5. The molecule has 2 aromatic carbocycles. The van der Waals surface area contributed by atoms with Gasteiger partial charge in [-0.15, -0.1) is 0 Å². The van der Waals surface area contributed by atoms with Crippen molar-refractivity contribution >= 4 is 21.3 Å². The second kappa shape index (κ2) is 8.12. The Morgan fingerprint density at radius 2 is 1.63 bits per heavy atom. The number of carbonyl (C=O) groups is 1. The van der Waals surface area contributed by atoms with Crippen LogP contribution in [-0.2, 0) is 16.3 Å². The Balaban J connectivity index is 1.44. The van der Waals surface area contributed by atoms with E-state index < -0.39 is 9.84 Å². The highest BCUT2D eigenvalue weighted by Gasteiger charge is 2.17. The number of aromatic nitrogens is 2. The molecule has 0 bridgehead atoms. The Morgan fingerprint density at radius 3 is 2.30 bits per heavy atom. The summed E-state index contributed by atoms with van der Waals surface area (Å²) in [5.74, 6) is 0.627. The van der Waals surface area contributed by atoms with Gasteiger partial charge >= 0.3 is 0 Å². The minimum atomic E-state index is -3.60. The average Bonchev–Trinajstić information content (AvgIpc) is 3.25. The van der Waals surface area contributed by atoms with E-state index in [4.69, 9.17) is 4.74 Å². The number of hydrogen-bond donors (Lipinski definition) is 0. The first-order valence-electron chi connectivity index (χ1n) is 9.41. The molecular formula is C23H20N2O4S. The van der Waals surface area contributed by atoms with Gasteiger partial charge in [0.05, 0.1) is 16.9 Å². The molecule has 0 saturated heterocycles. The van der Waals surface area contributed by atoms with Crippen molar-refractivity contribution in [1.82, 2.24) is 9.38 Å². The molecular weight excluding hydrogens is 400 g/mol. The van der Waals surface area contributed by atoms with Crippen molar-refractivity contribution in [2.45, 2.75) is 22.6 Å². The van der Waals surface area contributed by atoms with Crippen LogP contribution in [0.15, 0.2) is 89.0 Å². The molecule has 0 spiro atoms. The summed E-state index contributed by atoms with van der Waals surface area (Å²) >= 11 is 0. The van der Waals surface area contributed by atoms with E-state index in [2.05, 4.69) is 4.98 Å². The smallest absolute Gasteiger partial charge is 0.206 e. The van der Waals surface area contributed by atoms with E-state index >= 15 is 0 Å². The first kappa shape index (κ1) is 19.8. The van der Waals surface area contributed by atoms with E-state index in [0.29, 0.717) is 24.2 Å². The summed E-state index contributed by atoms with van der Waals surface area (Å²) < 4.78 is 32.4. The predicted octanol–water partition coefficient (Wildman–Crippen LogP) is 3.99. The quantitative estimate of drug-likeness (QED) is 0.423. The normalized spacial score (nSPS) is 11.5. The van der Waals surface area contributed by atoms with Crippen molar-refractivity contribution in [1.29, 1.82) is 0 Å². The van der Waals surface area contributed by atoms with Crippen LogP contribution >= 0.6 is 0 Å². The van der Waals surface area contributed by atoms with Crippen LogP contribution in [0.25, 0.3) is 5.65 Å². The molecule has 7 heteroatoms. The van der Waals surface area contributed by atoms with Gasteiger partial charge in [0.15, 0.2) is 5.78 Å². The van der Waals surface area contributed by atoms with Crippen LogP contribution in [0, 0.1) is 0 Å². The molecule has 0 radical (unpaired) electrons. The lowest BCUT2D eigenvalue weighted by Crippen LogP contribution is -2.04. The summed E-state index contributed by atoms with van der Waals surface area (Å²) in [6, 6.07) is 16.5. The minimum absolute atomic E-state index is 0.0283. The molecule has 0 unspecified atom stereocenters. The zero-order valence-electron chi connectivity index (χ0n) is 16.4. The predicted molar refractivity (Wildman–Crippen MR) is 113 cm³/mol. The number of Topliss-reactive ketones (excluding diaryl/α,β-unsaturated/α-hetero) is 1. The Bertz CT molecular complexity index is 1290. The van der Waals surface area contributed by atoms with Gasteiger partial charge in [-0.1, -0.05) is 12.1 Å². The van der Waals surface area contributed by atoms with Crippen molar-refractivity contribution in [3.8, 4) is 5.75 Å². The molecule has 0 aliphatic heterocycles. The molecule has 30 heavy (non-hydrogen) atoms. The zero-order valence-corrected chi connectivity index (χ0v) is 17.2. The summed E-state index contributed by atoms with van der Waals surface area (Å²) in [5.41, 5.74) is 2.32. The zero-order chi connectivity index (χ0) is 21.1. The number of pyridine rings is 1. The fraction of sp³-hybridized carbons (Fsp3) is 0.130. The Hall–Kier alpha value is -3.45. The van der Waals surface area contributed by atoms with Crippen molar-refractivity contribution < 1.29 is 17.9 Å². The van der Waals surface area contributed by atoms with Gasteiger partial charge in [0.1, 0.15) is 11.4 Å². The molecule has 0 atom stereocenters. The van der Waals surface area contributed by atoms with E-state index in [1.54, 1.807) is 61.1 Å². The second-order valence-corrected chi connectivity index (χ2v) is 8.81. The first-order chi connectivity index (χ1) is 14.5. The van der Waals surface area contributed by atoms with Gasteiger partial charge in [-0.25, -0.2) is 13.4 Å². The molecule has 0 amide bonds. The van der Waals surface area contributed by atoms with Crippen LogP contribution in [0.1, 0.15) is 22.3 Å². The summed E-state index contributed by atoms with van der Waals surface area (Å²) in [5, 5.41) is 0. The number of carbonyl (C=O) groups excluding carboxylic acids is 1. The molecule has 6 nitrogen and oxygen atoms in total. The van der Waals surface area contributed by atoms with E-state index in [1.165, 1.54) is 19.2 Å². The van der Waals surface area contributed by atoms with Crippen molar-refractivity contribution in [2.75, 3.05) is 7.11 Å². The van der Waals surface area contributed by atoms with Crippen molar-refractivity contribution in [3.63, 3.8) is 0 Å². The molecule has 152 valence electrons. The van der Waals surface area contributed by atoms with E-state index in [1.807, 2.05) is 10.5 Å². The van der Waals surface area contributed by atoms with Crippen LogP contribution in [0.4, 0.5) is 0 Å². The minimum Gasteiger partial charge on any atom is -0.497 e. The van der Waals surface area contributed by atoms with Gasteiger partial charge in [-0.2, -0.15) is 0 Å². The van der Waals surface area contributed by atoms with Crippen LogP contribution < -0.4 is 4.74 Å². The summed E-state index contributed by atoms with van der Waals surface area (Å²) in [6.45, 7) is 0. The van der Waals surface area contributed by atoms with Crippen LogP contribution in [-0.4, -0.2) is 30.7 Å². The summed E-state index contributed by atoms with van der Waals surface area (Å²) in [6.07, 6.45) is 6.13. The molecule has 0 fully saturated rings. The third kappa shape index (κ3) is 3.97. The third-order valence-corrected chi connectivity index (χ3v) is 6.74. The Labute approximate surface area is 174 Å². The van der Waals surface area contributed by atoms with Gasteiger partial charge in [0.2, 0.25) is 9.84 Å². The number of ether oxygens (including phenoxy) is 1. The Morgan fingerprint density at radius 1 is 0.967 bits per heavy atom. The maximum Gasteiger partial charge on any atom is 0.206 e. The fourth-order valence-electron chi connectivity index (χ4n) is 3.21. The molecule has 0 saturated carbocycles. The van der Waals surface area contributed by atoms with Crippen LogP contribution in [0.2, 0.25) is 0 Å². The second-order valence-electron chi connectivity index (χ2n) is 6.86. The van der Waals surface area contributed by atoms with E-state index in [0.717, 1.165) is 11.2 Å². The van der Waals surface area contributed by atoms with Gasteiger partial charge < -0.3 is 9.14 Å². The molecule has 2 aromatic heterocycles. The third-order valence-electron chi connectivity index (χ3n) is 4.95.